The number of nitrogens with two attached hydrogens (primary N) is 1. The lowest BCUT2D eigenvalue weighted by atomic mass is 9.99. The highest BCUT2D eigenvalue weighted by Gasteiger charge is 2.25. The largest absolute Gasteiger partial charge is 0.480 e. The summed E-state index contributed by atoms with van der Waals surface area (Å²) in [5.74, 6) is -1.56. The third-order valence-corrected chi connectivity index (χ3v) is 7.62. The number of ketones is 2. The van der Waals surface area contributed by atoms with Crippen LogP contribution in [0.25, 0.3) is 0 Å². The number of hydrogen-bond acceptors (Lipinski definition) is 9. The molecule has 0 saturated heterocycles. The van der Waals surface area contributed by atoms with Gasteiger partial charge in [0, 0.05) is 17.9 Å². The van der Waals surface area contributed by atoms with Gasteiger partial charge in [0.25, 0.3) is 0 Å². The average molecular weight is 480 g/mol. The molecule has 0 aliphatic rings. The number of hydrogen-bond donors (Lipinski definition) is 5. The van der Waals surface area contributed by atoms with Crippen molar-refractivity contribution >= 4 is 45.1 Å². The standard InChI is InChI=1S/C20H37N3O6S2/c1-5-12(3)17(19(26)27)22-9-14(24)7-8-30-31-11-15(21)16(25)10-23-18(20(28)29)13(4)6-2/h12-13,15,17-18,22-23H,5-11,21H2,1-4H3,(H,26,27)(H,28,29)/t12-,13-,15-,17-,18-/m0/s1. The van der Waals surface area contributed by atoms with Crippen molar-refractivity contribution in [2.24, 2.45) is 17.6 Å². The molecule has 180 valence electrons. The minimum Gasteiger partial charge on any atom is -0.480 e. The first kappa shape index (κ1) is 29.9. The van der Waals surface area contributed by atoms with E-state index in [2.05, 4.69) is 10.6 Å². The fourth-order valence-corrected chi connectivity index (χ4v) is 4.81. The van der Waals surface area contributed by atoms with E-state index < -0.39 is 30.1 Å². The highest BCUT2D eigenvalue weighted by molar-refractivity contribution is 8.76. The Morgan fingerprint density at radius 3 is 1.81 bits per heavy atom. The molecule has 0 heterocycles. The third-order valence-electron chi connectivity index (χ3n) is 5.18. The lowest BCUT2D eigenvalue weighted by Gasteiger charge is -2.20. The zero-order valence-electron chi connectivity index (χ0n) is 18.8. The van der Waals surface area contributed by atoms with Gasteiger partial charge in [-0.25, -0.2) is 0 Å². The molecule has 0 aliphatic carbocycles. The zero-order valence-corrected chi connectivity index (χ0v) is 20.4. The number of carbonyl (C=O) groups is 4. The van der Waals surface area contributed by atoms with Gasteiger partial charge in [0.15, 0.2) is 5.78 Å². The lowest BCUT2D eigenvalue weighted by molar-refractivity contribution is -0.142. The van der Waals surface area contributed by atoms with Crippen LogP contribution in [-0.2, 0) is 19.2 Å². The fraction of sp³-hybridized carbons (Fsp3) is 0.800. The molecule has 0 radical (unpaired) electrons. The number of carboxylic acids is 2. The summed E-state index contributed by atoms with van der Waals surface area (Å²) in [6, 6.07) is -2.25. The van der Waals surface area contributed by atoms with E-state index in [1.807, 2.05) is 27.7 Å². The summed E-state index contributed by atoms with van der Waals surface area (Å²) in [6.07, 6.45) is 1.67. The van der Waals surface area contributed by atoms with Crippen molar-refractivity contribution in [3.05, 3.63) is 0 Å². The van der Waals surface area contributed by atoms with Crippen LogP contribution in [0.3, 0.4) is 0 Å². The number of aliphatic carboxylic acids is 2. The van der Waals surface area contributed by atoms with Crippen molar-refractivity contribution in [1.82, 2.24) is 10.6 Å². The Hall–Kier alpha value is -1.14. The number of carboxylic acid groups (broad SMARTS) is 2. The number of carbonyl (C=O) groups excluding carboxylic acids is 2. The van der Waals surface area contributed by atoms with Crippen molar-refractivity contribution in [2.45, 2.75) is 65.1 Å². The van der Waals surface area contributed by atoms with Gasteiger partial charge < -0.3 is 15.9 Å². The Labute approximate surface area is 192 Å². The van der Waals surface area contributed by atoms with Crippen LogP contribution >= 0.6 is 21.6 Å². The number of nitrogens with one attached hydrogen (secondary N) is 2. The van der Waals surface area contributed by atoms with Crippen LogP contribution in [0.1, 0.15) is 47.0 Å². The fourth-order valence-electron chi connectivity index (χ4n) is 2.62. The summed E-state index contributed by atoms with van der Waals surface area (Å²) in [6.45, 7) is 7.34. The summed E-state index contributed by atoms with van der Waals surface area (Å²) >= 11 is 0. The molecule has 0 bridgehead atoms. The second-order valence-corrected chi connectivity index (χ2v) is 10.3. The maximum Gasteiger partial charge on any atom is 0.320 e. The number of Topliss-reactive ketones (excluding diaryl/α,β-unsaturated/α-hetero) is 2. The molecule has 0 aromatic rings. The van der Waals surface area contributed by atoms with E-state index in [1.165, 1.54) is 21.6 Å². The topological polar surface area (TPSA) is 159 Å². The van der Waals surface area contributed by atoms with E-state index in [4.69, 9.17) is 5.73 Å². The molecular formula is C20H37N3O6S2. The monoisotopic (exact) mass is 479 g/mol. The molecule has 11 heteroatoms. The van der Waals surface area contributed by atoms with E-state index in [-0.39, 0.29) is 42.9 Å². The van der Waals surface area contributed by atoms with Crippen LogP contribution in [0.4, 0.5) is 0 Å². The van der Waals surface area contributed by atoms with E-state index in [9.17, 15) is 29.4 Å². The zero-order chi connectivity index (χ0) is 24.0. The molecule has 0 aromatic carbocycles. The highest BCUT2D eigenvalue weighted by atomic mass is 33.1. The Morgan fingerprint density at radius 2 is 1.35 bits per heavy atom. The molecule has 5 atom stereocenters. The van der Waals surface area contributed by atoms with Crippen molar-refractivity contribution < 1.29 is 29.4 Å². The van der Waals surface area contributed by atoms with Crippen LogP contribution in [-0.4, -0.2) is 76.4 Å². The molecule has 0 spiro atoms. The van der Waals surface area contributed by atoms with E-state index in [0.29, 0.717) is 24.3 Å². The van der Waals surface area contributed by atoms with Crippen LogP contribution < -0.4 is 16.4 Å². The summed E-state index contributed by atoms with van der Waals surface area (Å²) in [5.41, 5.74) is 5.88. The molecule has 31 heavy (non-hydrogen) atoms. The Morgan fingerprint density at radius 1 is 0.871 bits per heavy atom. The summed E-state index contributed by atoms with van der Waals surface area (Å²) in [7, 11) is 2.80. The molecule has 0 aliphatic heterocycles. The van der Waals surface area contributed by atoms with Gasteiger partial charge in [0.1, 0.15) is 17.9 Å². The van der Waals surface area contributed by atoms with Gasteiger partial charge >= 0.3 is 11.9 Å². The summed E-state index contributed by atoms with van der Waals surface area (Å²) in [4.78, 5) is 46.6. The van der Waals surface area contributed by atoms with Gasteiger partial charge in [-0.05, 0) is 11.8 Å². The van der Waals surface area contributed by atoms with Crippen molar-refractivity contribution in [1.29, 1.82) is 0 Å². The molecule has 0 amide bonds. The van der Waals surface area contributed by atoms with Crippen LogP contribution in [0.15, 0.2) is 0 Å². The molecule has 0 aromatic heterocycles. The predicted octanol–water partition coefficient (Wildman–Crippen LogP) is 1.40. The van der Waals surface area contributed by atoms with Gasteiger partial charge in [-0.3, -0.25) is 29.8 Å². The van der Waals surface area contributed by atoms with Crippen molar-refractivity contribution in [2.75, 3.05) is 24.6 Å². The van der Waals surface area contributed by atoms with Gasteiger partial charge in [-0.15, -0.1) is 0 Å². The second kappa shape index (κ2) is 16.5. The second-order valence-electron chi connectivity index (χ2n) is 7.63. The summed E-state index contributed by atoms with van der Waals surface area (Å²) in [5, 5.41) is 24.0. The minimum atomic E-state index is -0.987. The molecule has 0 rings (SSSR count). The number of rotatable bonds is 19. The minimum absolute atomic E-state index is 0.0110. The first-order chi connectivity index (χ1) is 14.5. The van der Waals surface area contributed by atoms with Gasteiger partial charge in [-0.2, -0.15) is 0 Å². The highest BCUT2D eigenvalue weighted by Crippen LogP contribution is 2.22. The van der Waals surface area contributed by atoms with Crippen LogP contribution in [0.5, 0.6) is 0 Å². The summed E-state index contributed by atoms with van der Waals surface area (Å²) < 4.78 is 0. The Balaban J connectivity index is 4.10. The van der Waals surface area contributed by atoms with Gasteiger partial charge in [0.05, 0.1) is 19.1 Å². The normalized spacial score (nSPS) is 16.2. The smallest absolute Gasteiger partial charge is 0.320 e. The first-order valence-corrected chi connectivity index (χ1v) is 13.0. The Bertz CT molecular complexity index is 593. The quantitative estimate of drug-likeness (QED) is 0.135. The molecule has 0 fully saturated rings. The van der Waals surface area contributed by atoms with Gasteiger partial charge in [-0.1, -0.05) is 62.1 Å². The van der Waals surface area contributed by atoms with Crippen LogP contribution in [0, 0.1) is 11.8 Å². The Kier molecular flexibility index (Phi) is 15.9. The predicted molar refractivity (Wildman–Crippen MR) is 125 cm³/mol. The maximum absolute atomic E-state index is 12.1. The average Bonchev–Trinajstić information content (AvgIpc) is 2.72. The molecular weight excluding hydrogens is 442 g/mol. The molecule has 0 unspecified atom stereocenters. The van der Waals surface area contributed by atoms with E-state index in [1.54, 1.807) is 0 Å². The molecule has 6 N–H and O–H groups in total. The van der Waals surface area contributed by atoms with Crippen LogP contribution in [0.2, 0.25) is 0 Å². The SMILES string of the molecule is CC[C@H](C)[C@H](NCC(=O)CCSSC[C@H](N)C(=O)CN[C@H](C(=O)O)[C@@H](C)CC)C(=O)O. The van der Waals surface area contributed by atoms with E-state index in [0.717, 1.165) is 0 Å². The first-order valence-electron chi connectivity index (χ1n) is 10.5. The van der Waals surface area contributed by atoms with Crippen molar-refractivity contribution in [3.63, 3.8) is 0 Å². The molecule has 0 saturated carbocycles. The molecule has 9 nitrogen and oxygen atoms in total. The maximum atomic E-state index is 12.1. The van der Waals surface area contributed by atoms with Crippen molar-refractivity contribution in [3.8, 4) is 0 Å². The lowest BCUT2D eigenvalue weighted by Crippen LogP contribution is -2.47. The van der Waals surface area contributed by atoms with Gasteiger partial charge in [0.2, 0.25) is 0 Å². The third kappa shape index (κ3) is 12.5. The van der Waals surface area contributed by atoms with E-state index >= 15 is 0 Å².